The highest BCUT2D eigenvalue weighted by atomic mass is 79.9. The van der Waals surface area contributed by atoms with Gasteiger partial charge in [-0.2, -0.15) is 0 Å². The molecule has 8 nitrogen and oxygen atoms in total. The first kappa shape index (κ1) is 43.5. The van der Waals surface area contributed by atoms with E-state index < -0.39 is 18.3 Å². The van der Waals surface area contributed by atoms with Gasteiger partial charge in [-0.25, -0.2) is 0 Å². The molecule has 0 bridgehead atoms. The van der Waals surface area contributed by atoms with Gasteiger partial charge in [-0.15, -0.1) is 0 Å². The second-order valence-electron chi connectivity index (χ2n) is 15.0. The minimum absolute atomic E-state index is 0.301. The lowest BCUT2D eigenvalue weighted by atomic mass is 9.90. The first-order chi connectivity index (χ1) is 31.1. The molecule has 8 rings (SSSR count). The third-order valence-corrected chi connectivity index (χ3v) is 11.3. The van der Waals surface area contributed by atoms with Crippen LogP contribution in [0.5, 0.6) is 28.7 Å². The van der Waals surface area contributed by atoms with Gasteiger partial charge in [0.2, 0.25) is 0 Å². The monoisotopic (exact) mass is 906 g/mol. The first-order valence-electron chi connectivity index (χ1n) is 21.3. The molecule has 7 aromatic rings. The molecule has 0 radical (unpaired) electrons. The molecule has 0 aliphatic carbocycles. The van der Waals surface area contributed by atoms with Gasteiger partial charge >= 0.3 is 0 Å². The van der Waals surface area contributed by atoms with E-state index in [-0.39, 0.29) is 0 Å². The van der Waals surface area contributed by atoms with E-state index in [1.165, 1.54) is 0 Å². The highest BCUT2D eigenvalue weighted by Gasteiger charge is 2.45. The molecule has 0 spiro atoms. The fraction of sp³-hybridized carbons (Fsp3) is 0.222. The van der Waals surface area contributed by atoms with Gasteiger partial charge in [-0.05, 0) is 68.4 Å². The smallest absolute Gasteiger partial charge is 0.162 e. The average molecular weight is 908 g/mol. The van der Waals surface area contributed by atoms with Crippen LogP contribution in [0.4, 0.5) is 0 Å². The molecule has 0 amide bonds. The Hall–Kier alpha value is -6.10. The number of benzene rings is 7. The second kappa shape index (κ2) is 22.3. The van der Waals surface area contributed by atoms with E-state index in [9.17, 15) is 0 Å². The SMILES string of the molecule is CCOCCO[C@H]1c2c(OCc3ccccc3)cc(OCc3ccccc3)c(Br)c2O[C@H](c2ccc(OCc3ccccc3)c(OCc3ccccc3)c2)[C@@H]1OCc1ccccc1. The topological polar surface area (TPSA) is 73.8 Å². The Morgan fingerprint density at radius 2 is 0.921 bits per heavy atom. The Kier molecular flexibility index (Phi) is 15.4. The summed E-state index contributed by atoms with van der Waals surface area (Å²) in [7, 11) is 0. The van der Waals surface area contributed by atoms with Crippen molar-refractivity contribution in [2.45, 2.75) is 58.3 Å². The van der Waals surface area contributed by atoms with E-state index in [1.54, 1.807) is 0 Å². The van der Waals surface area contributed by atoms with Gasteiger partial charge < -0.3 is 37.9 Å². The number of rotatable bonds is 21. The summed E-state index contributed by atoms with van der Waals surface area (Å²) in [5.74, 6) is 2.84. The standard InChI is InChI=1S/C54H51BrO8/c1-2-56-30-31-57-53-49-47(60-36-41-22-12-5-13-23-41)33-48(61-37-42-24-14-6-15-25-42)50(55)52(49)63-51(54(53)62-38-43-26-16-7-17-27-43)44-28-29-45(58-34-39-18-8-3-9-19-39)46(32-44)59-35-40-20-10-4-11-21-40/h3-29,32-33,51,53-54H,2,30-31,34-38H2,1H3/t51-,53+,54+/m1/s1. The molecule has 0 fully saturated rings. The van der Waals surface area contributed by atoms with Crippen molar-refractivity contribution < 1.29 is 37.9 Å². The summed E-state index contributed by atoms with van der Waals surface area (Å²) in [5, 5.41) is 0. The normalized spacial score (nSPS) is 15.5. The Balaban J connectivity index is 1.23. The maximum absolute atomic E-state index is 7.24. The highest BCUT2D eigenvalue weighted by Crippen LogP contribution is 2.55. The molecule has 0 saturated carbocycles. The van der Waals surface area contributed by atoms with Gasteiger partial charge in [-0.3, -0.25) is 0 Å². The summed E-state index contributed by atoms with van der Waals surface area (Å²) in [6.07, 6.45) is -2.03. The molecule has 1 aliphatic heterocycles. The summed E-state index contributed by atoms with van der Waals surface area (Å²) in [5.41, 5.74) is 6.64. The summed E-state index contributed by atoms with van der Waals surface area (Å²) in [6.45, 7) is 4.90. The summed E-state index contributed by atoms with van der Waals surface area (Å²) in [6, 6.07) is 58.3. The molecular weight excluding hydrogens is 856 g/mol. The number of fused-ring (bicyclic) bond motifs is 1. The Morgan fingerprint density at radius 1 is 0.460 bits per heavy atom. The zero-order valence-electron chi connectivity index (χ0n) is 35.3. The van der Waals surface area contributed by atoms with Crippen LogP contribution in [0.3, 0.4) is 0 Å². The lowest BCUT2D eigenvalue weighted by molar-refractivity contribution is -0.144. The molecular formula is C54H51BrO8. The van der Waals surface area contributed by atoms with Crippen molar-refractivity contribution in [3.63, 3.8) is 0 Å². The third kappa shape index (κ3) is 11.7. The molecule has 1 heterocycles. The molecule has 63 heavy (non-hydrogen) atoms. The predicted octanol–water partition coefficient (Wildman–Crippen LogP) is 12.6. The van der Waals surface area contributed by atoms with Gasteiger partial charge in [-0.1, -0.05) is 158 Å². The first-order valence-corrected chi connectivity index (χ1v) is 22.1. The zero-order valence-corrected chi connectivity index (χ0v) is 36.9. The molecule has 0 N–H and O–H groups in total. The molecule has 3 atom stereocenters. The van der Waals surface area contributed by atoms with E-state index >= 15 is 0 Å². The quantitative estimate of drug-likeness (QED) is 0.0660. The minimum atomic E-state index is -0.691. The van der Waals surface area contributed by atoms with Crippen LogP contribution in [0.1, 0.15) is 58.1 Å². The van der Waals surface area contributed by atoms with E-state index in [0.717, 1.165) is 33.4 Å². The van der Waals surface area contributed by atoms with Crippen molar-refractivity contribution in [3.8, 4) is 28.7 Å². The predicted molar refractivity (Wildman–Crippen MR) is 247 cm³/mol. The van der Waals surface area contributed by atoms with Crippen LogP contribution in [-0.2, 0) is 47.2 Å². The van der Waals surface area contributed by atoms with Crippen molar-refractivity contribution in [3.05, 3.63) is 219 Å². The van der Waals surface area contributed by atoms with Crippen molar-refractivity contribution >= 4 is 15.9 Å². The van der Waals surface area contributed by atoms with Gasteiger partial charge in [0.1, 0.15) is 60.4 Å². The van der Waals surface area contributed by atoms with Crippen molar-refractivity contribution in [1.82, 2.24) is 0 Å². The molecule has 0 unspecified atom stereocenters. The largest absolute Gasteiger partial charge is 0.488 e. The third-order valence-electron chi connectivity index (χ3n) is 10.6. The van der Waals surface area contributed by atoms with Crippen molar-refractivity contribution in [1.29, 1.82) is 0 Å². The Morgan fingerprint density at radius 3 is 1.43 bits per heavy atom. The number of halogens is 1. The van der Waals surface area contributed by atoms with Crippen LogP contribution in [0.15, 0.2) is 180 Å². The van der Waals surface area contributed by atoms with E-state index in [2.05, 4.69) is 15.9 Å². The molecule has 1 aliphatic rings. The molecule has 322 valence electrons. The van der Waals surface area contributed by atoms with Crippen LogP contribution in [0, 0.1) is 0 Å². The van der Waals surface area contributed by atoms with Crippen LogP contribution in [-0.4, -0.2) is 25.9 Å². The maximum atomic E-state index is 7.24. The number of hydrogen-bond donors (Lipinski definition) is 0. The van der Waals surface area contributed by atoms with Crippen LogP contribution >= 0.6 is 15.9 Å². The van der Waals surface area contributed by atoms with Gasteiger partial charge in [0, 0.05) is 12.7 Å². The van der Waals surface area contributed by atoms with Crippen molar-refractivity contribution in [2.24, 2.45) is 0 Å². The highest BCUT2D eigenvalue weighted by molar-refractivity contribution is 9.10. The molecule has 0 saturated heterocycles. The fourth-order valence-electron chi connectivity index (χ4n) is 7.36. The van der Waals surface area contributed by atoms with Crippen LogP contribution in [0.25, 0.3) is 0 Å². The van der Waals surface area contributed by atoms with Crippen LogP contribution < -0.4 is 23.7 Å². The van der Waals surface area contributed by atoms with Gasteiger partial charge in [0.25, 0.3) is 0 Å². The molecule has 7 aromatic carbocycles. The average Bonchev–Trinajstić information content (AvgIpc) is 3.34. The Labute approximate surface area is 378 Å². The lowest BCUT2D eigenvalue weighted by Crippen LogP contribution is -2.39. The Bertz CT molecular complexity index is 2450. The van der Waals surface area contributed by atoms with E-state index in [1.807, 2.05) is 183 Å². The molecule has 9 heteroatoms. The summed E-state index contributed by atoms with van der Waals surface area (Å²) in [4.78, 5) is 0. The summed E-state index contributed by atoms with van der Waals surface area (Å²) >= 11 is 3.94. The van der Waals surface area contributed by atoms with Gasteiger partial charge in [0.05, 0.1) is 25.4 Å². The fourth-order valence-corrected chi connectivity index (χ4v) is 7.89. The maximum Gasteiger partial charge on any atom is 0.162 e. The van der Waals surface area contributed by atoms with Gasteiger partial charge in [0.15, 0.2) is 17.6 Å². The second-order valence-corrected chi connectivity index (χ2v) is 15.8. The minimum Gasteiger partial charge on any atom is -0.488 e. The number of ether oxygens (including phenoxy) is 8. The van der Waals surface area contributed by atoms with Crippen molar-refractivity contribution in [2.75, 3.05) is 19.8 Å². The lowest BCUT2D eigenvalue weighted by Gasteiger charge is -2.41. The van der Waals surface area contributed by atoms with E-state index in [4.69, 9.17) is 37.9 Å². The van der Waals surface area contributed by atoms with Crippen LogP contribution in [0.2, 0.25) is 0 Å². The summed E-state index contributed by atoms with van der Waals surface area (Å²) < 4.78 is 53.9. The number of hydrogen-bond acceptors (Lipinski definition) is 8. The zero-order chi connectivity index (χ0) is 43.1. The van der Waals surface area contributed by atoms with E-state index in [0.29, 0.717) is 91.6 Å². The molecule has 0 aromatic heterocycles.